The van der Waals surface area contributed by atoms with Crippen molar-refractivity contribution in [2.45, 2.75) is 13.8 Å². The second-order valence-electron chi connectivity index (χ2n) is 5.20. The highest BCUT2D eigenvalue weighted by Gasteiger charge is 2.36. The fourth-order valence-corrected chi connectivity index (χ4v) is 3.08. The van der Waals surface area contributed by atoms with Crippen LogP contribution in [-0.2, 0) is 14.3 Å². The highest BCUT2D eigenvalue weighted by Crippen LogP contribution is 2.34. The molecule has 1 aliphatic rings. The zero-order valence-electron chi connectivity index (χ0n) is 15.0. The van der Waals surface area contributed by atoms with Gasteiger partial charge in [0.2, 0.25) is 0 Å². The summed E-state index contributed by atoms with van der Waals surface area (Å²) >= 11 is 0.766. The predicted molar refractivity (Wildman–Crippen MR) is 101 cm³/mol. The van der Waals surface area contributed by atoms with E-state index < -0.39 is 23.7 Å². The summed E-state index contributed by atoms with van der Waals surface area (Å²) in [6.07, 6.45) is 6.76. The highest BCUT2D eigenvalue weighted by molar-refractivity contribution is 8.18. The van der Waals surface area contributed by atoms with Crippen molar-refractivity contribution in [3.63, 3.8) is 0 Å². The lowest BCUT2D eigenvalue weighted by atomic mass is 10.2. The van der Waals surface area contributed by atoms with Gasteiger partial charge in [0.15, 0.2) is 11.5 Å². The van der Waals surface area contributed by atoms with E-state index in [9.17, 15) is 14.4 Å². The minimum absolute atomic E-state index is 0.103. The van der Waals surface area contributed by atoms with Crippen LogP contribution in [0.3, 0.4) is 0 Å². The van der Waals surface area contributed by atoms with E-state index in [0.717, 1.165) is 16.7 Å². The molecule has 0 radical (unpaired) electrons. The van der Waals surface area contributed by atoms with Crippen LogP contribution in [0.15, 0.2) is 23.1 Å². The Kier molecular flexibility index (Phi) is 7.32. The third-order valence-electron chi connectivity index (χ3n) is 3.34. The number of carbonyl (C=O) groups is 3. The normalized spacial score (nSPS) is 15.0. The Morgan fingerprint density at radius 3 is 2.67 bits per heavy atom. The molecule has 0 unspecified atom stereocenters. The number of terminal acetylenes is 1. The van der Waals surface area contributed by atoms with E-state index in [1.807, 2.05) is 6.92 Å². The smallest absolute Gasteiger partial charge is 0.326 e. The van der Waals surface area contributed by atoms with Crippen LogP contribution in [0.1, 0.15) is 19.4 Å². The zero-order chi connectivity index (χ0) is 19.8. The van der Waals surface area contributed by atoms with Crippen LogP contribution < -0.4 is 9.47 Å². The van der Waals surface area contributed by atoms with Crippen molar-refractivity contribution in [3.05, 3.63) is 28.7 Å². The molecule has 0 atom stereocenters. The highest BCUT2D eigenvalue weighted by atomic mass is 32.2. The maximum Gasteiger partial charge on any atom is 0.326 e. The number of benzene rings is 1. The first-order chi connectivity index (χ1) is 13.0. The molecular weight excluding hydrogens is 370 g/mol. The summed E-state index contributed by atoms with van der Waals surface area (Å²) in [4.78, 5) is 37.1. The average Bonchev–Trinajstić information content (AvgIpc) is 2.89. The quantitative estimate of drug-likeness (QED) is 0.384. The number of thioether (sulfide) groups is 1. The summed E-state index contributed by atoms with van der Waals surface area (Å²) in [5.41, 5.74) is 0.646. The van der Waals surface area contributed by atoms with E-state index in [1.165, 1.54) is 0 Å². The standard InChI is InChI=1S/C19H19NO6S/c1-4-9-26-14-8-7-13(10-15(14)24-5-2)11-16-18(22)20(19(23)27-16)12-17(21)25-6-3/h1,7-8,10-11H,5-6,9,12H2,2-3H3/b16-11+. The van der Waals surface area contributed by atoms with Crippen LogP contribution in [0.2, 0.25) is 0 Å². The Bertz CT molecular complexity index is 811. The largest absolute Gasteiger partial charge is 0.490 e. The van der Waals surface area contributed by atoms with Crippen molar-refractivity contribution in [1.82, 2.24) is 4.90 Å². The van der Waals surface area contributed by atoms with Gasteiger partial charge in [0.05, 0.1) is 18.1 Å². The molecule has 0 bridgehead atoms. The number of hydrogen-bond acceptors (Lipinski definition) is 7. The van der Waals surface area contributed by atoms with Crippen LogP contribution >= 0.6 is 11.8 Å². The molecule has 27 heavy (non-hydrogen) atoms. The van der Waals surface area contributed by atoms with Crippen molar-refractivity contribution in [2.24, 2.45) is 0 Å². The molecule has 0 aliphatic carbocycles. The Labute approximate surface area is 161 Å². The summed E-state index contributed by atoms with van der Waals surface area (Å²) in [5, 5.41) is -0.515. The minimum Gasteiger partial charge on any atom is -0.490 e. The first kappa shape index (κ1) is 20.4. The Morgan fingerprint density at radius 2 is 2.00 bits per heavy atom. The van der Waals surface area contributed by atoms with E-state index in [-0.39, 0.29) is 18.1 Å². The van der Waals surface area contributed by atoms with Gasteiger partial charge in [0, 0.05) is 0 Å². The molecule has 1 aromatic rings. The molecular formula is C19H19NO6S. The van der Waals surface area contributed by atoms with Gasteiger partial charge >= 0.3 is 5.97 Å². The lowest BCUT2D eigenvalue weighted by molar-refractivity contribution is -0.145. The number of ether oxygens (including phenoxy) is 3. The lowest BCUT2D eigenvalue weighted by Crippen LogP contribution is -2.34. The van der Waals surface area contributed by atoms with Gasteiger partial charge in [-0.15, -0.1) is 6.42 Å². The SMILES string of the molecule is C#CCOc1ccc(/C=C2/SC(=O)N(CC(=O)OCC)C2=O)cc1OCC. The fraction of sp³-hybridized carbons (Fsp3) is 0.316. The predicted octanol–water partition coefficient (Wildman–Crippen LogP) is 2.70. The van der Waals surface area contributed by atoms with Gasteiger partial charge in [-0.05, 0) is 49.4 Å². The number of carbonyl (C=O) groups excluding carboxylic acids is 3. The molecule has 1 aliphatic heterocycles. The van der Waals surface area contributed by atoms with Gasteiger partial charge in [-0.3, -0.25) is 19.3 Å². The molecule has 1 aromatic carbocycles. The van der Waals surface area contributed by atoms with Crippen LogP contribution in [0.4, 0.5) is 4.79 Å². The Morgan fingerprint density at radius 1 is 1.22 bits per heavy atom. The summed E-state index contributed by atoms with van der Waals surface area (Å²) < 4.78 is 15.7. The second kappa shape index (κ2) is 9.69. The average molecular weight is 389 g/mol. The third-order valence-corrected chi connectivity index (χ3v) is 4.25. The van der Waals surface area contributed by atoms with Crippen LogP contribution in [-0.4, -0.2) is 48.4 Å². The molecule has 2 amide bonds. The van der Waals surface area contributed by atoms with Gasteiger partial charge in [0.1, 0.15) is 13.2 Å². The van der Waals surface area contributed by atoms with E-state index in [0.29, 0.717) is 23.7 Å². The summed E-state index contributed by atoms with van der Waals surface area (Å²) in [6.45, 7) is 3.78. The van der Waals surface area contributed by atoms with Gasteiger partial charge in [-0.2, -0.15) is 0 Å². The maximum absolute atomic E-state index is 12.4. The molecule has 0 aromatic heterocycles. The second-order valence-corrected chi connectivity index (χ2v) is 6.20. The maximum atomic E-state index is 12.4. The number of hydrogen-bond donors (Lipinski definition) is 0. The fourth-order valence-electron chi connectivity index (χ4n) is 2.24. The van der Waals surface area contributed by atoms with Crippen LogP contribution in [0.25, 0.3) is 6.08 Å². The van der Waals surface area contributed by atoms with Crippen molar-refractivity contribution in [3.8, 4) is 23.8 Å². The van der Waals surface area contributed by atoms with E-state index in [1.54, 1.807) is 31.2 Å². The zero-order valence-corrected chi connectivity index (χ0v) is 15.8. The Balaban J connectivity index is 2.21. The molecule has 0 N–H and O–H groups in total. The molecule has 1 saturated heterocycles. The van der Waals surface area contributed by atoms with E-state index in [2.05, 4.69) is 5.92 Å². The van der Waals surface area contributed by atoms with Gasteiger partial charge in [-0.25, -0.2) is 0 Å². The monoisotopic (exact) mass is 389 g/mol. The molecule has 0 spiro atoms. The van der Waals surface area contributed by atoms with Gasteiger partial charge < -0.3 is 14.2 Å². The number of amides is 2. The Hall–Kier alpha value is -2.92. The molecule has 7 nitrogen and oxygen atoms in total. The van der Waals surface area contributed by atoms with Crippen molar-refractivity contribution in [1.29, 1.82) is 0 Å². The van der Waals surface area contributed by atoms with Gasteiger partial charge in [-0.1, -0.05) is 12.0 Å². The molecule has 142 valence electrons. The summed E-state index contributed by atoms with van der Waals surface area (Å²) in [7, 11) is 0. The molecule has 2 rings (SSSR count). The first-order valence-electron chi connectivity index (χ1n) is 8.24. The van der Waals surface area contributed by atoms with Crippen LogP contribution in [0, 0.1) is 12.3 Å². The number of nitrogens with zero attached hydrogens (tertiary/aromatic N) is 1. The van der Waals surface area contributed by atoms with Crippen molar-refractivity contribution >= 4 is 35.0 Å². The van der Waals surface area contributed by atoms with E-state index in [4.69, 9.17) is 20.6 Å². The molecule has 8 heteroatoms. The number of rotatable bonds is 8. The summed E-state index contributed by atoms with van der Waals surface area (Å²) in [6, 6.07) is 5.08. The topological polar surface area (TPSA) is 82.1 Å². The number of imide groups is 1. The van der Waals surface area contributed by atoms with Gasteiger partial charge in [0.25, 0.3) is 11.1 Å². The van der Waals surface area contributed by atoms with E-state index >= 15 is 0 Å². The molecule has 1 heterocycles. The first-order valence-corrected chi connectivity index (χ1v) is 9.05. The number of esters is 1. The third kappa shape index (κ3) is 5.28. The molecule has 0 saturated carbocycles. The lowest BCUT2D eigenvalue weighted by Gasteiger charge is -2.11. The summed E-state index contributed by atoms with van der Waals surface area (Å²) in [5.74, 6) is 2.18. The van der Waals surface area contributed by atoms with Crippen LogP contribution in [0.5, 0.6) is 11.5 Å². The van der Waals surface area contributed by atoms with Crippen molar-refractivity contribution < 1.29 is 28.6 Å². The minimum atomic E-state index is -0.630. The molecule has 1 fully saturated rings. The van der Waals surface area contributed by atoms with Crippen molar-refractivity contribution in [2.75, 3.05) is 26.4 Å².